The molecule has 0 bridgehead atoms. The van der Waals surface area contributed by atoms with E-state index in [1.807, 2.05) is 12.1 Å². The Kier molecular flexibility index (Phi) is 3.77. The first-order valence-corrected chi connectivity index (χ1v) is 6.02. The zero-order valence-electron chi connectivity index (χ0n) is 10.2. The number of carbonyl (C=O) groups is 2. The molecule has 18 heavy (non-hydrogen) atoms. The van der Waals surface area contributed by atoms with Crippen molar-refractivity contribution in [2.24, 2.45) is 0 Å². The maximum absolute atomic E-state index is 11.7. The zero-order valence-corrected chi connectivity index (χ0v) is 10.2. The van der Waals surface area contributed by atoms with E-state index >= 15 is 0 Å². The lowest BCUT2D eigenvalue weighted by Gasteiger charge is -2.15. The number of rotatable bonds is 4. The molecule has 1 N–H and O–H groups in total. The summed E-state index contributed by atoms with van der Waals surface area (Å²) in [5.41, 5.74) is 1.45. The second-order valence-electron chi connectivity index (χ2n) is 4.19. The van der Waals surface area contributed by atoms with Crippen molar-refractivity contribution in [2.75, 3.05) is 18.0 Å². The average Bonchev–Trinajstić information content (AvgIpc) is 2.82. The summed E-state index contributed by atoms with van der Waals surface area (Å²) in [6.07, 6.45) is 3.15. The number of carbonyl (C=O) groups excluding carboxylic acids is 2. The van der Waals surface area contributed by atoms with Gasteiger partial charge in [-0.25, -0.2) is 0 Å². The zero-order chi connectivity index (χ0) is 13.0. The van der Waals surface area contributed by atoms with Gasteiger partial charge in [0, 0.05) is 30.8 Å². The second kappa shape index (κ2) is 5.49. The predicted molar refractivity (Wildman–Crippen MR) is 70.6 cm³/mol. The molecule has 2 amide bonds. The molecule has 0 aromatic heterocycles. The third kappa shape index (κ3) is 2.59. The molecular formula is C14H16N2O2. The van der Waals surface area contributed by atoms with Gasteiger partial charge in [-0.3, -0.25) is 9.59 Å². The summed E-state index contributed by atoms with van der Waals surface area (Å²) in [6.45, 7) is 4.76. The Balaban J connectivity index is 2.07. The van der Waals surface area contributed by atoms with Gasteiger partial charge < -0.3 is 10.2 Å². The molecule has 1 heterocycles. The average molecular weight is 244 g/mol. The Morgan fingerprint density at radius 3 is 2.67 bits per heavy atom. The van der Waals surface area contributed by atoms with E-state index in [0.717, 1.165) is 18.7 Å². The topological polar surface area (TPSA) is 49.4 Å². The Morgan fingerprint density at radius 2 is 2.11 bits per heavy atom. The predicted octanol–water partition coefficient (Wildman–Crippen LogP) is 1.73. The van der Waals surface area contributed by atoms with E-state index in [4.69, 9.17) is 0 Å². The number of anilines is 1. The van der Waals surface area contributed by atoms with E-state index in [0.29, 0.717) is 18.5 Å². The highest BCUT2D eigenvalue weighted by Gasteiger charge is 2.21. The Labute approximate surface area is 106 Å². The van der Waals surface area contributed by atoms with Crippen molar-refractivity contribution in [3.63, 3.8) is 0 Å². The van der Waals surface area contributed by atoms with Crippen LogP contribution in [0.15, 0.2) is 36.9 Å². The van der Waals surface area contributed by atoms with Crippen molar-refractivity contribution in [3.8, 4) is 0 Å². The first-order chi connectivity index (χ1) is 8.72. The molecule has 0 saturated carbocycles. The molecule has 0 spiro atoms. The molecule has 94 valence electrons. The van der Waals surface area contributed by atoms with Gasteiger partial charge in [-0.05, 0) is 30.7 Å². The molecule has 0 unspecified atom stereocenters. The largest absolute Gasteiger partial charge is 0.349 e. The quantitative estimate of drug-likeness (QED) is 0.820. The van der Waals surface area contributed by atoms with E-state index in [2.05, 4.69) is 11.9 Å². The van der Waals surface area contributed by atoms with Crippen LogP contribution in [0.1, 0.15) is 23.2 Å². The minimum absolute atomic E-state index is 0.130. The van der Waals surface area contributed by atoms with Crippen LogP contribution in [0.2, 0.25) is 0 Å². The molecular weight excluding hydrogens is 228 g/mol. The van der Waals surface area contributed by atoms with Gasteiger partial charge in [0.05, 0.1) is 0 Å². The van der Waals surface area contributed by atoms with Crippen LogP contribution in [0.3, 0.4) is 0 Å². The SMILES string of the molecule is C=CCNC(=O)c1ccc(N2CCCC2=O)cc1. The van der Waals surface area contributed by atoms with Crippen molar-refractivity contribution >= 4 is 17.5 Å². The lowest BCUT2D eigenvalue weighted by molar-refractivity contribution is -0.117. The molecule has 0 aliphatic carbocycles. The second-order valence-corrected chi connectivity index (χ2v) is 4.19. The summed E-state index contributed by atoms with van der Waals surface area (Å²) in [6, 6.07) is 7.09. The Hall–Kier alpha value is -2.10. The Morgan fingerprint density at radius 1 is 1.39 bits per heavy atom. The van der Waals surface area contributed by atoms with Crippen molar-refractivity contribution < 1.29 is 9.59 Å². The molecule has 0 atom stereocenters. The van der Waals surface area contributed by atoms with E-state index in [9.17, 15) is 9.59 Å². The highest BCUT2D eigenvalue weighted by atomic mass is 16.2. The van der Waals surface area contributed by atoms with Crippen LogP contribution < -0.4 is 10.2 Å². The lowest BCUT2D eigenvalue weighted by Crippen LogP contribution is -2.25. The van der Waals surface area contributed by atoms with Crippen LogP contribution >= 0.6 is 0 Å². The molecule has 1 saturated heterocycles. The smallest absolute Gasteiger partial charge is 0.251 e. The first kappa shape index (κ1) is 12.4. The number of benzene rings is 1. The maximum Gasteiger partial charge on any atom is 0.251 e. The minimum Gasteiger partial charge on any atom is -0.349 e. The van der Waals surface area contributed by atoms with Gasteiger partial charge in [0.25, 0.3) is 5.91 Å². The maximum atomic E-state index is 11.7. The fourth-order valence-electron chi connectivity index (χ4n) is 1.98. The van der Waals surface area contributed by atoms with Gasteiger partial charge in [-0.1, -0.05) is 6.08 Å². The summed E-state index contributed by atoms with van der Waals surface area (Å²) in [5, 5.41) is 2.71. The van der Waals surface area contributed by atoms with E-state index in [-0.39, 0.29) is 11.8 Å². The standard InChI is InChI=1S/C14H16N2O2/c1-2-9-15-14(18)11-5-7-12(8-6-11)16-10-3-4-13(16)17/h2,5-8H,1,3-4,9-10H2,(H,15,18). The molecule has 2 rings (SSSR count). The fourth-order valence-corrected chi connectivity index (χ4v) is 1.98. The lowest BCUT2D eigenvalue weighted by atomic mass is 10.2. The van der Waals surface area contributed by atoms with Crippen LogP contribution in [0, 0.1) is 0 Å². The number of hydrogen-bond acceptors (Lipinski definition) is 2. The van der Waals surface area contributed by atoms with Gasteiger partial charge in [-0.15, -0.1) is 6.58 Å². The van der Waals surface area contributed by atoms with E-state index in [1.54, 1.807) is 23.1 Å². The highest BCUT2D eigenvalue weighted by molar-refractivity contribution is 5.97. The van der Waals surface area contributed by atoms with Crippen molar-refractivity contribution in [1.82, 2.24) is 5.32 Å². The van der Waals surface area contributed by atoms with Crippen LogP contribution in [-0.4, -0.2) is 24.9 Å². The first-order valence-electron chi connectivity index (χ1n) is 6.02. The summed E-state index contributed by atoms with van der Waals surface area (Å²) >= 11 is 0. The summed E-state index contributed by atoms with van der Waals surface area (Å²) in [4.78, 5) is 25.0. The number of amides is 2. The van der Waals surface area contributed by atoms with Crippen LogP contribution in [-0.2, 0) is 4.79 Å². The molecule has 1 aromatic rings. The molecule has 4 nitrogen and oxygen atoms in total. The van der Waals surface area contributed by atoms with Gasteiger partial charge >= 0.3 is 0 Å². The van der Waals surface area contributed by atoms with Crippen molar-refractivity contribution in [3.05, 3.63) is 42.5 Å². The summed E-state index contributed by atoms with van der Waals surface area (Å²) < 4.78 is 0. The molecule has 4 heteroatoms. The third-order valence-corrected chi connectivity index (χ3v) is 2.92. The number of hydrogen-bond donors (Lipinski definition) is 1. The molecule has 0 radical (unpaired) electrons. The van der Waals surface area contributed by atoms with E-state index < -0.39 is 0 Å². The van der Waals surface area contributed by atoms with Gasteiger partial charge in [0.15, 0.2) is 0 Å². The molecule has 1 fully saturated rings. The molecule has 1 aliphatic rings. The van der Waals surface area contributed by atoms with Crippen LogP contribution in [0.4, 0.5) is 5.69 Å². The number of nitrogens with zero attached hydrogens (tertiary/aromatic N) is 1. The molecule has 1 aliphatic heterocycles. The fraction of sp³-hybridized carbons (Fsp3) is 0.286. The van der Waals surface area contributed by atoms with Crippen LogP contribution in [0.25, 0.3) is 0 Å². The third-order valence-electron chi connectivity index (χ3n) is 2.92. The monoisotopic (exact) mass is 244 g/mol. The highest BCUT2D eigenvalue weighted by Crippen LogP contribution is 2.21. The van der Waals surface area contributed by atoms with Crippen molar-refractivity contribution in [1.29, 1.82) is 0 Å². The number of nitrogens with one attached hydrogen (secondary N) is 1. The van der Waals surface area contributed by atoms with E-state index in [1.165, 1.54) is 0 Å². The van der Waals surface area contributed by atoms with Crippen molar-refractivity contribution in [2.45, 2.75) is 12.8 Å². The normalized spacial score (nSPS) is 14.7. The van der Waals surface area contributed by atoms with Gasteiger partial charge in [0.2, 0.25) is 5.91 Å². The Bertz CT molecular complexity index is 465. The summed E-state index contributed by atoms with van der Waals surface area (Å²) in [5.74, 6) is 0.0213. The van der Waals surface area contributed by atoms with Crippen LogP contribution in [0.5, 0.6) is 0 Å². The van der Waals surface area contributed by atoms with Gasteiger partial charge in [-0.2, -0.15) is 0 Å². The minimum atomic E-state index is -0.130. The molecule has 1 aromatic carbocycles. The van der Waals surface area contributed by atoms with Gasteiger partial charge in [0.1, 0.15) is 0 Å². The summed E-state index contributed by atoms with van der Waals surface area (Å²) in [7, 11) is 0.